The maximum absolute atomic E-state index is 13.9. The van der Waals surface area contributed by atoms with Crippen molar-refractivity contribution in [3.63, 3.8) is 0 Å². The smallest absolute Gasteiger partial charge is 0.224 e. The van der Waals surface area contributed by atoms with Crippen LogP contribution in [0.25, 0.3) is 0 Å². The number of hydrogen-bond donors (Lipinski definition) is 1. The molecule has 114 valence electrons. The molecule has 1 aliphatic heterocycles. The lowest BCUT2D eigenvalue weighted by atomic mass is 9.93. The van der Waals surface area contributed by atoms with Gasteiger partial charge in [-0.25, -0.2) is 9.37 Å². The predicted octanol–water partition coefficient (Wildman–Crippen LogP) is 3.74. The summed E-state index contributed by atoms with van der Waals surface area (Å²) in [6.07, 6.45) is 7.58. The van der Waals surface area contributed by atoms with E-state index in [1.54, 1.807) is 7.05 Å². The fourth-order valence-electron chi connectivity index (χ4n) is 2.33. The van der Waals surface area contributed by atoms with Gasteiger partial charge >= 0.3 is 0 Å². The summed E-state index contributed by atoms with van der Waals surface area (Å²) in [6, 6.07) is 0. The van der Waals surface area contributed by atoms with Crippen molar-refractivity contribution < 1.29 is 4.39 Å². The van der Waals surface area contributed by atoms with Gasteiger partial charge in [0.1, 0.15) is 0 Å². The Labute approximate surface area is 125 Å². The van der Waals surface area contributed by atoms with Crippen molar-refractivity contribution >= 4 is 11.8 Å². The summed E-state index contributed by atoms with van der Waals surface area (Å²) in [7, 11) is 1.72. The number of hydrogen-bond acceptors (Lipinski definition) is 4. The highest BCUT2D eigenvalue weighted by atomic mass is 19.1. The standard InChI is InChI=1S/C16H23FN4/c1-5-11(2)8-13-6-7-21(10-12(13)3)15-14(17)9-19-16(18-4)20-15/h6,9-11H,5,7-8H2,1-4H3,(H,18,19,20). The van der Waals surface area contributed by atoms with Gasteiger partial charge in [-0.05, 0) is 30.4 Å². The highest BCUT2D eigenvalue weighted by Gasteiger charge is 2.17. The minimum absolute atomic E-state index is 0.313. The lowest BCUT2D eigenvalue weighted by molar-refractivity contribution is 0.557. The third-order valence-corrected chi connectivity index (χ3v) is 3.88. The summed E-state index contributed by atoms with van der Waals surface area (Å²) < 4.78 is 13.9. The molecule has 1 atom stereocenters. The molecule has 1 aromatic rings. The van der Waals surface area contributed by atoms with E-state index in [0.29, 0.717) is 24.2 Å². The van der Waals surface area contributed by atoms with E-state index in [1.165, 1.54) is 23.8 Å². The first-order chi connectivity index (χ1) is 10.0. The number of nitrogens with zero attached hydrogens (tertiary/aromatic N) is 3. The first kappa shape index (κ1) is 15.5. The molecule has 0 radical (unpaired) electrons. The van der Waals surface area contributed by atoms with Crippen molar-refractivity contribution in [3.8, 4) is 0 Å². The Morgan fingerprint density at radius 2 is 2.24 bits per heavy atom. The first-order valence-electron chi connectivity index (χ1n) is 7.39. The van der Waals surface area contributed by atoms with E-state index in [4.69, 9.17) is 0 Å². The fourth-order valence-corrected chi connectivity index (χ4v) is 2.33. The molecule has 1 aromatic heterocycles. The van der Waals surface area contributed by atoms with Gasteiger partial charge in [-0.2, -0.15) is 4.98 Å². The van der Waals surface area contributed by atoms with Gasteiger partial charge in [0.2, 0.25) is 5.95 Å². The maximum Gasteiger partial charge on any atom is 0.224 e. The Morgan fingerprint density at radius 1 is 1.48 bits per heavy atom. The van der Waals surface area contributed by atoms with Gasteiger partial charge in [0.05, 0.1) is 6.20 Å². The molecule has 0 fully saturated rings. The number of rotatable bonds is 5. The summed E-state index contributed by atoms with van der Waals surface area (Å²) in [5, 5.41) is 2.84. The Morgan fingerprint density at radius 3 is 2.86 bits per heavy atom. The third kappa shape index (κ3) is 3.60. The van der Waals surface area contributed by atoms with Crippen LogP contribution in [0, 0.1) is 11.7 Å². The van der Waals surface area contributed by atoms with Gasteiger partial charge in [-0.3, -0.25) is 0 Å². The van der Waals surface area contributed by atoms with Crippen LogP contribution in [0.5, 0.6) is 0 Å². The van der Waals surface area contributed by atoms with E-state index in [-0.39, 0.29) is 0 Å². The largest absolute Gasteiger partial charge is 0.357 e. The molecule has 4 nitrogen and oxygen atoms in total. The topological polar surface area (TPSA) is 41.1 Å². The van der Waals surface area contributed by atoms with E-state index < -0.39 is 5.82 Å². The fraction of sp³-hybridized carbons (Fsp3) is 0.500. The lowest BCUT2D eigenvalue weighted by Crippen LogP contribution is -2.23. The molecule has 5 heteroatoms. The Bertz CT molecular complexity index is 565. The van der Waals surface area contributed by atoms with Gasteiger partial charge in [0.15, 0.2) is 11.6 Å². The van der Waals surface area contributed by atoms with E-state index in [1.807, 2.05) is 11.1 Å². The average molecular weight is 290 g/mol. The van der Waals surface area contributed by atoms with Crippen molar-refractivity contribution in [1.29, 1.82) is 0 Å². The van der Waals surface area contributed by atoms with Crippen LogP contribution in [-0.4, -0.2) is 23.6 Å². The SMILES string of the molecule is CCC(C)CC1=CCN(c2nc(NC)ncc2F)C=C1C. The van der Waals surface area contributed by atoms with Crippen molar-refractivity contribution in [3.05, 3.63) is 35.4 Å². The molecule has 0 aliphatic carbocycles. The second-order valence-corrected chi connectivity index (χ2v) is 5.53. The molecule has 0 spiro atoms. The minimum Gasteiger partial charge on any atom is -0.357 e. The highest BCUT2D eigenvalue weighted by molar-refractivity contribution is 5.52. The van der Waals surface area contributed by atoms with Crippen LogP contribution in [0.3, 0.4) is 0 Å². The number of allylic oxidation sites excluding steroid dienone is 2. The van der Waals surface area contributed by atoms with E-state index in [2.05, 4.69) is 42.1 Å². The summed E-state index contributed by atoms with van der Waals surface area (Å²) in [6.45, 7) is 7.16. The van der Waals surface area contributed by atoms with E-state index in [9.17, 15) is 4.39 Å². The summed E-state index contributed by atoms with van der Waals surface area (Å²) in [5.74, 6) is 0.994. The molecule has 0 aromatic carbocycles. The van der Waals surface area contributed by atoms with Crippen LogP contribution in [-0.2, 0) is 0 Å². The Balaban J connectivity index is 2.19. The van der Waals surface area contributed by atoms with Gasteiger partial charge in [-0.15, -0.1) is 0 Å². The number of aromatic nitrogens is 2. The van der Waals surface area contributed by atoms with Crippen molar-refractivity contribution in [2.24, 2.45) is 5.92 Å². The summed E-state index contributed by atoms with van der Waals surface area (Å²) in [4.78, 5) is 9.91. The Hall–Kier alpha value is -1.91. The maximum atomic E-state index is 13.9. The lowest BCUT2D eigenvalue weighted by Gasteiger charge is -2.26. The molecule has 0 saturated heterocycles. The number of halogens is 1. The van der Waals surface area contributed by atoms with E-state index >= 15 is 0 Å². The highest BCUT2D eigenvalue weighted by Crippen LogP contribution is 2.27. The van der Waals surface area contributed by atoms with E-state index in [0.717, 1.165) is 6.42 Å². The molecule has 0 amide bonds. The molecule has 2 rings (SSSR count). The van der Waals surface area contributed by atoms with Crippen molar-refractivity contribution in [1.82, 2.24) is 9.97 Å². The second-order valence-electron chi connectivity index (χ2n) is 5.53. The van der Waals surface area contributed by atoms with Crippen LogP contribution in [0.1, 0.15) is 33.6 Å². The molecule has 1 N–H and O–H groups in total. The Kier molecular flexibility index (Phi) is 4.94. The normalized spacial score (nSPS) is 16.3. The number of anilines is 2. The monoisotopic (exact) mass is 290 g/mol. The van der Waals surface area contributed by atoms with Crippen molar-refractivity contribution in [2.75, 3.05) is 23.8 Å². The number of nitrogens with one attached hydrogen (secondary N) is 1. The summed E-state index contributed by atoms with van der Waals surface area (Å²) in [5.41, 5.74) is 2.52. The van der Waals surface area contributed by atoms with Gasteiger partial charge in [0, 0.05) is 19.8 Å². The molecular weight excluding hydrogens is 267 g/mol. The minimum atomic E-state index is -0.406. The molecule has 21 heavy (non-hydrogen) atoms. The third-order valence-electron chi connectivity index (χ3n) is 3.88. The van der Waals surface area contributed by atoms with Crippen LogP contribution in [0.15, 0.2) is 29.6 Å². The molecule has 1 aliphatic rings. The van der Waals surface area contributed by atoms with Gasteiger partial charge in [0.25, 0.3) is 0 Å². The van der Waals surface area contributed by atoms with Crippen molar-refractivity contribution in [2.45, 2.75) is 33.6 Å². The molecule has 2 heterocycles. The van der Waals surface area contributed by atoms with Crippen LogP contribution in [0.4, 0.5) is 16.2 Å². The van der Waals surface area contributed by atoms with Gasteiger partial charge in [-0.1, -0.05) is 26.3 Å². The average Bonchev–Trinajstić information content (AvgIpc) is 2.49. The second kappa shape index (κ2) is 6.70. The zero-order valence-corrected chi connectivity index (χ0v) is 13.2. The van der Waals surface area contributed by atoms with Gasteiger partial charge < -0.3 is 10.2 Å². The first-order valence-corrected chi connectivity index (χ1v) is 7.39. The molecule has 0 bridgehead atoms. The zero-order chi connectivity index (χ0) is 15.4. The van der Waals surface area contributed by atoms with Crippen LogP contribution in [0.2, 0.25) is 0 Å². The molecular formula is C16H23FN4. The quantitative estimate of drug-likeness (QED) is 0.897. The summed E-state index contributed by atoms with van der Waals surface area (Å²) >= 11 is 0. The molecule has 0 saturated carbocycles. The zero-order valence-electron chi connectivity index (χ0n) is 13.2. The molecule has 1 unspecified atom stereocenters. The predicted molar refractivity (Wildman–Crippen MR) is 84.8 cm³/mol. The van der Waals surface area contributed by atoms with Crippen LogP contribution < -0.4 is 10.2 Å². The van der Waals surface area contributed by atoms with Crippen LogP contribution >= 0.6 is 0 Å².